The molecule has 2 atom stereocenters. The summed E-state index contributed by atoms with van der Waals surface area (Å²) in [6.45, 7) is 8.18. The average molecular weight is 375 g/mol. The standard InChI is InChI=1S/C21H34N4O2/c1-22-8-10-24(11-9-22)13-19-14-25(15-20(19)17-26)21(27)16-23(2)12-18-6-4-3-5-7-18/h3-7,19-20,26H,8-17H2,1-2H3. The van der Waals surface area contributed by atoms with Crippen LogP contribution in [0.4, 0.5) is 0 Å². The third-order valence-electron chi connectivity index (χ3n) is 5.95. The Morgan fingerprint density at radius 3 is 2.44 bits per heavy atom. The van der Waals surface area contributed by atoms with Gasteiger partial charge in [0.05, 0.1) is 6.54 Å². The van der Waals surface area contributed by atoms with E-state index in [0.717, 1.165) is 45.8 Å². The number of benzene rings is 1. The van der Waals surface area contributed by atoms with Gasteiger partial charge in [-0.25, -0.2) is 0 Å². The smallest absolute Gasteiger partial charge is 0.236 e. The largest absolute Gasteiger partial charge is 0.396 e. The molecular weight excluding hydrogens is 340 g/mol. The molecule has 2 aliphatic heterocycles. The minimum Gasteiger partial charge on any atom is -0.396 e. The van der Waals surface area contributed by atoms with Crippen LogP contribution in [-0.4, -0.2) is 104 Å². The first-order valence-corrected chi connectivity index (χ1v) is 10.1. The molecule has 0 spiro atoms. The number of carbonyl (C=O) groups excluding carboxylic acids is 1. The van der Waals surface area contributed by atoms with Crippen molar-refractivity contribution >= 4 is 5.91 Å². The third-order valence-corrected chi connectivity index (χ3v) is 5.95. The lowest BCUT2D eigenvalue weighted by molar-refractivity contribution is -0.131. The van der Waals surface area contributed by atoms with Crippen molar-refractivity contribution in [2.24, 2.45) is 11.8 Å². The average Bonchev–Trinajstić information content (AvgIpc) is 3.07. The highest BCUT2D eigenvalue weighted by Gasteiger charge is 2.36. The first-order chi connectivity index (χ1) is 13.0. The molecule has 0 bridgehead atoms. The van der Waals surface area contributed by atoms with Crippen molar-refractivity contribution in [2.45, 2.75) is 6.54 Å². The molecule has 1 N–H and O–H groups in total. The first-order valence-electron chi connectivity index (χ1n) is 10.1. The van der Waals surface area contributed by atoms with Crippen LogP contribution in [0.3, 0.4) is 0 Å². The van der Waals surface area contributed by atoms with Gasteiger partial charge in [-0.3, -0.25) is 9.69 Å². The second-order valence-corrected chi connectivity index (χ2v) is 8.26. The topological polar surface area (TPSA) is 50.3 Å². The Hall–Kier alpha value is -1.47. The highest BCUT2D eigenvalue weighted by Crippen LogP contribution is 2.25. The van der Waals surface area contributed by atoms with Crippen LogP contribution in [0.2, 0.25) is 0 Å². The summed E-state index contributed by atoms with van der Waals surface area (Å²) in [5, 5.41) is 9.81. The van der Waals surface area contributed by atoms with Crippen molar-refractivity contribution in [3.63, 3.8) is 0 Å². The maximum atomic E-state index is 12.8. The number of hydrogen-bond donors (Lipinski definition) is 1. The van der Waals surface area contributed by atoms with E-state index in [9.17, 15) is 9.90 Å². The fourth-order valence-electron chi connectivity index (χ4n) is 4.20. The Morgan fingerprint density at radius 1 is 1.11 bits per heavy atom. The third kappa shape index (κ3) is 5.75. The van der Waals surface area contributed by atoms with Crippen LogP contribution in [0.25, 0.3) is 0 Å². The van der Waals surface area contributed by atoms with Crippen LogP contribution < -0.4 is 0 Å². The number of rotatable bonds is 7. The van der Waals surface area contributed by atoms with Crippen molar-refractivity contribution in [2.75, 3.05) is 73.1 Å². The van der Waals surface area contributed by atoms with Crippen molar-refractivity contribution in [1.29, 1.82) is 0 Å². The summed E-state index contributed by atoms with van der Waals surface area (Å²) < 4.78 is 0. The van der Waals surface area contributed by atoms with Crippen LogP contribution in [-0.2, 0) is 11.3 Å². The van der Waals surface area contributed by atoms with Gasteiger partial charge in [0.25, 0.3) is 0 Å². The Balaban J connectivity index is 1.48. The molecule has 2 heterocycles. The lowest BCUT2D eigenvalue weighted by Gasteiger charge is -2.34. The Morgan fingerprint density at radius 2 is 1.78 bits per heavy atom. The number of likely N-dealkylation sites (tertiary alicyclic amines) is 1. The molecule has 6 nitrogen and oxygen atoms in total. The summed E-state index contributed by atoms with van der Waals surface area (Å²) in [5.74, 6) is 0.752. The summed E-state index contributed by atoms with van der Waals surface area (Å²) in [6.07, 6.45) is 0. The molecule has 2 saturated heterocycles. The molecule has 1 aromatic rings. The van der Waals surface area contributed by atoms with Crippen LogP contribution in [0.5, 0.6) is 0 Å². The van der Waals surface area contributed by atoms with Gasteiger partial charge in [0, 0.05) is 64.9 Å². The summed E-state index contributed by atoms with van der Waals surface area (Å²) in [7, 11) is 4.15. The molecule has 150 valence electrons. The van der Waals surface area contributed by atoms with Gasteiger partial charge < -0.3 is 19.8 Å². The molecule has 3 rings (SSSR count). The van der Waals surface area contributed by atoms with Crippen molar-refractivity contribution in [3.8, 4) is 0 Å². The quantitative estimate of drug-likeness (QED) is 0.750. The van der Waals surface area contributed by atoms with E-state index in [-0.39, 0.29) is 18.4 Å². The van der Waals surface area contributed by atoms with Gasteiger partial charge >= 0.3 is 0 Å². The molecule has 2 unspecified atom stereocenters. The van der Waals surface area contributed by atoms with Gasteiger partial charge in [0.2, 0.25) is 5.91 Å². The van der Waals surface area contributed by atoms with Crippen LogP contribution in [0, 0.1) is 11.8 Å². The number of nitrogens with zero attached hydrogens (tertiary/aromatic N) is 4. The van der Waals surface area contributed by atoms with E-state index in [2.05, 4.69) is 33.9 Å². The highest BCUT2D eigenvalue weighted by molar-refractivity contribution is 5.78. The predicted molar refractivity (Wildman–Crippen MR) is 107 cm³/mol. The zero-order chi connectivity index (χ0) is 19.2. The summed E-state index contributed by atoms with van der Waals surface area (Å²) in [4.78, 5) is 21.6. The van der Waals surface area contributed by atoms with Crippen LogP contribution >= 0.6 is 0 Å². The second-order valence-electron chi connectivity index (χ2n) is 8.26. The number of likely N-dealkylation sites (N-methyl/N-ethyl adjacent to an activating group) is 2. The Labute approximate surface area is 163 Å². The Kier molecular flexibility index (Phi) is 7.24. The second kappa shape index (κ2) is 9.64. The van der Waals surface area contributed by atoms with Gasteiger partial charge in [-0.05, 0) is 25.6 Å². The number of piperazine rings is 1. The van der Waals surface area contributed by atoms with Crippen molar-refractivity contribution in [3.05, 3.63) is 35.9 Å². The number of aliphatic hydroxyl groups excluding tert-OH is 1. The van der Waals surface area contributed by atoms with E-state index in [1.165, 1.54) is 5.56 Å². The van der Waals surface area contributed by atoms with Crippen molar-refractivity contribution < 1.29 is 9.90 Å². The molecule has 0 radical (unpaired) electrons. The van der Waals surface area contributed by atoms with Crippen LogP contribution in [0.1, 0.15) is 5.56 Å². The Bertz CT molecular complexity index is 589. The van der Waals surface area contributed by atoms with E-state index < -0.39 is 0 Å². The molecule has 1 aromatic carbocycles. The van der Waals surface area contributed by atoms with Gasteiger partial charge in [0.1, 0.15) is 0 Å². The fraction of sp³-hybridized carbons (Fsp3) is 0.667. The molecule has 27 heavy (non-hydrogen) atoms. The van der Waals surface area contributed by atoms with Gasteiger partial charge in [-0.1, -0.05) is 30.3 Å². The zero-order valence-corrected chi connectivity index (χ0v) is 16.8. The predicted octanol–water partition coefficient (Wildman–Crippen LogP) is 0.433. The number of aliphatic hydroxyl groups is 1. The zero-order valence-electron chi connectivity index (χ0n) is 16.8. The maximum absolute atomic E-state index is 12.8. The summed E-state index contributed by atoms with van der Waals surface area (Å²) in [6, 6.07) is 10.2. The minimum atomic E-state index is 0.169. The van der Waals surface area contributed by atoms with Crippen LogP contribution in [0.15, 0.2) is 30.3 Å². The normalized spacial score (nSPS) is 24.7. The number of amides is 1. The monoisotopic (exact) mass is 374 g/mol. The molecule has 2 fully saturated rings. The fourth-order valence-corrected chi connectivity index (χ4v) is 4.20. The summed E-state index contributed by atoms with van der Waals surface area (Å²) in [5.41, 5.74) is 1.22. The van der Waals surface area contributed by atoms with E-state index in [4.69, 9.17) is 0 Å². The molecule has 0 saturated carbocycles. The molecular formula is C21H34N4O2. The molecule has 6 heteroatoms. The lowest BCUT2D eigenvalue weighted by atomic mass is 9.96. The van der Waals surface area contributed by atoms with E-state index in [1.807, 2.05) is 30.1 Å². The molecule has 0 aliphatic carbocycles. The maximum Gasteiger partial charge on any atom is 0.236 e. The highest BCUT2D eigenvalue weighted by atomic mass is 16.3. The molecule has 0 aromatic heterocycles. The van der Waals surface area contributed by atoms with Gasteiger partial charge in [0.15, 0.2) is 0 Å². The van der Waals surface area contributed by atoms with E-state index >= 15 is 0 Å². The van der Waals surface area contributed by atoms with Gasteiger partial charge in [-0.15, -0.1) is 0 Å². The van der Waals surface area contributed by atoms with Crippen molar-refractivity contribution in [1.82, 2.24) is 19.6 Å². The molecule has 2 aliphatic rings. The number of carbonyl (C=O) groups is 1. The lowest BCUT2D eigenvalue weighted by Crippen LogP contribution is -2.47. The summed E-state index contributed by atoms with van der Waals surface area (Å²) >= 11 is 0. The molecule has 1 amide bonds. The minimum absolute atomic E-state index is 0.169. The van der Waals surface area contributed by atoms with E-state index in [0.29, 0.717) is 19.0 Å². The first kappa shape index (κ1) is 20.3. The number of hydrogen-bond acceptors (Lipinski definition) is 5. The van der Waals surface area contributed by atoms with Gasteiger partial charge in [-0.2, -0.15) is 0 Å². The van der Waals surface area contributed by atoms with E-state index in [1.54, 1.807) is 0 Å². The SMILES string of the molecule is CN1CCN(CC2CN(C(=O)CN(C)Cc3ccccc3)CC2CO)CC1.